The van der Waals surface area contributed by atoms with Gasteiger partial charge in [0.25, 0.3) is 0 Å². The van der Waals surface area contributed by atoms with Crippen LogP contribution in [0.1, 0.15) is 31.1 Å². The van der Waals surface area contributed by atoms with Gasteiger partial charge in [0.05, 0.1) is 0 Å². The number of sulfonamides is 1. The molecule has 0 aliphatic carbocycles. The Morgan fingerprint density at radius 2 is 2.11 bits per heavy atom. The van der Waals surface area contributed by atoms with Crippen molar-refractivity contribution in [3.8, 4) is 0 Å². The Morgan fingerprint density at radius 1 is 1.39 bits per heavy atom. The average Bonchev–Trinajstić information content (AvgIpc) is 2.77. The number of hydrogen-bond donors (Lipinski definition) is 2. The van der Waals surface area contributed by atoms with Crippen LogP contribution in [0.3, 0.4) is 0 Å². The smallest absolute Gasteiger partial charge is 0.303 e. The second-order valence-corrected chi connectivity index (χ2v) is 6.99. The number of aliphatic carboxylic acids is 1. The fraction of sp³-hybridized carbons (Fsp3) is 0.545. The molecular weight excluding hydrogens is 274 g/mol. The minimum atomic E-state index is -3.43. The summed E-state index contributed by atoms with van der Waals surface area (Å²) >= 11 is 1.26. The summed E-state index contributed by atoms with van der Waals surface area (Å²) in [5, 5.41) is 8.44. The highest BCUT2D eigenvalue weighted by molar-refractivity contribution is 7.91. The number of unbranched alkanes of at least 4 members (excludes halogenated alkanes) is 1. The highest BCUT2D eigenvalue weighted by Gasteiger charge is 2.15. The molecular formula is C11H17NO4S2. The van der Waals surface area contributed by atoms with Crippen molar-refractivity contribution in [2.24, 2.45) is 0 Å². The Labute approximate surface area is 111 Å². The standard InChI is InChI=1S/C11H17NO4S2/c1-2-9-6-7-11(17-9)18(15,16)12-8-4-3-5-10(13)14/h6-7,12H,2-5,8H2,1H3,(H,13,14). The summed E-state index contributed by atoms with van der Waals surface area (Å²) in [4.78, 5) is 11.3. The molecule has 0 aliphatic rings. The third-order valence-corrected chi connectivity index (χ3v) is 5.54. The van der Waals surface area contributed by atoms with Crippen LogP contribution in [0, 0.1) is 0 Å². The molecule has 2 N–H and O–H groups in total. The van der Waals surface area contributed by atoms with Gasteiger partial charge in [0.2, 0.25) is 10.0 Å². The van der Waals surface area contributed by atoms with Gasteiger partial charge in [-0.15, -0.1) is 11.3 Å². The molecule has 0 aliphatic heterocycles. The van der Waals surface area contributed by atoms with Gasteiger partial charge in [0.1, 0.15) is 4.21 Å². The summed E-state index contributed by atoms with van der Waals surface area (Å²) in [5.74, 6) is -0.858. The number of thiophene rings is 1. The number of rotatable bonds is 8. The first-order valence-corrected chi connectivity index (χ1v) is 8.06. The molecule has 102 valence electrons. The van der Waals surface area contributed by atoms with E-state index in [0.717, 1.165) is 11.3 Å². The molecule has 0 saturated heterocycles. The predicted molar refractivity (Wildman–Crippen MR) is 70.4 cm³/mol. The van der Waals surface area contributed by atoms with E-state index in [0.29, 0.717) is 17.1 Å². The minimum Gasteiger partial charge on any atom is -0.481 e. The lowest BCUT2D eigenvalue weighted by Gasteiger charge is -2.03. The van der Waals surface area contributed by atoms with Crippen molar-refractivity contribution in [3.05, 3.63) is 17.0 Å². The quantitative estimate of drug-likeness (QED) is 0.716. The van der Waals surface area contributed by atoms with Gasteiger partial charge in [-0.3, -0.25) is 4.79 Å². The zero-order valence-corrected chi connectivity index (χ0v) is 11.8. The van der Waals surface area contributed by atoms with E-state index in [1.54, 1.807) is 6.07 Å². The van der Waals surface area contributed by atoms with Crippen LogP contribution in [0.2, 0.25) is 0 Å². The lowest BCUT2D eigenvalue weighted by Crippen LogP contribution is -2.24. The van der Waals surface area contributed by atoms with E-state index in [9.17, 15) is 13.2 Å². The Bertz CT molecular complexity index is 493. The molecule has 0 atom stereocenters. The topological polar surface area (TPSA) is 83.5 Å². The van der Waals surface area contributed by atoms with Crippen molar-refractivity contribution in [1.29, 1.82) is 0 Å². The van der Waals surface area contributed by atoms with E-state index in [1.807, 2.05) is 13.0 Å². The fourth-order valence-electron chi connectivity index (χ4n) is 1.37. The highest BCUT2D eigenvalue weighted by atomic mass is 32.2. The van der Waals surface area contributed by atoms with Gasteiger partial charge in [-0.25, -0.2) is 13.1 Å². The van der Waals surface area contributed by atoms with Crippen LogP contribution in [-0.4, -0.2) is 26.0 Å². The average molecular weight is 291 g/mol. The van der Waals surface area contributed by atoms with Crippen molar-refractivity contribution >= 4 is 27.3 Å². The number of nitrogens with one attached hydrogen (secondary N) is 1. The first kappa shape index (κ1) is 15.1. The van der Waals surface area contributed by atoms with Gasteiger partial charge in [-0.05, 0) is 31.4 Å². The summed E-state index contributed by atoms with van der Waals surface area (Å²) in [5.41, 5.74) is 0. The van der Waals surface area contributed by atoms with Crippen LogP contribution >= 0.6 is 11.3 Å². The van der Waals surface area contributed by atoms with Crippen molar-refractivity contribution in [2.45, 2.75) is 36.8 Å². The second kappa shape index (κ2) is 6.86. The summed E-state index contributed by atoms with van der Waals surface area (Å²) in [6, 6.07) is 3.41. The number of hydrogen-bond acceptors (Lipinski definition) is 4. The molecule has 18 heavy (non-hydrogen) atoms. The molecule has 7 heteroatoms. The molecule has 5 nitrogen and oxygen atoms in total. The predicted octanol–water partition coefficient (Wildman–Crippen LogP) is 1.84. The molecule has 1 heterocycles. The molecule has 0 aromatic carbocycles. The molecule has 0 unspecified atom stereocenters. The summed E-state index contributed by atoms with van der Waals surface area (Å²) < 4.78 is 26.5. The molecule has 1 aromatic heterocycles. The lowest BCUT2D eigenvalue weighted by atomic mass is 10.2. The van der Waals surface area contributed by atoms with Crippen molar-refractivity contribution in [2.75, 3.05) is 6.54 Å². The van der Waals surface area contributed by atoms with E-state index in [1.165, 1.54) is 11.3 Å². The molecule has 0 bridgehead atoms. The SMILES string of the molecule is CCc1ccc(S(=O)(=O)NCCCCC(=O)O)s1. The Kier molecular flexibility index (Phi) is 5.77. The molecule has 0 spiro atoms. The Hall–Kier alpha value is -0.920. The van der Waals surface area contributed by atoms with Gasteiger partial charge in [-0.2, -0.15) is 0 Å². The van der Waals surface area contributed by atoms with Crippen LogP contribution in [0.15, 0.2) is 16.3 Å². The lowest BCUT2D eigenvalue weighted by molar-refractivity contribution is -0.137. The highest BCUT2D eigenvalue weighted by Crippen LogP contribution is 2.21. The van der Waals surface area contributed by atoms with E-state index >= 15 is 0 Å². The maximum absolute atomic E-state index is 11.8. The molecule has 0 radical (unpaired) electrons. The maximum Gasteiger partial charge on any atom is 0.303 e. The maximum atomic E-state index is 11.8. The zero-order valence-electron chi connectivity index (χ0n) is 10.2. The van der Waals surface area contributed by atoms with Crippen LogP contribution in [0.25, 0.3) is 0 Å². The number of carboxylic acid groups (broad SMARTS) is 1. The molecule has 0 fully saturated rings. The van der Waals surface area contributed by atoms with E-state index in [4.69, 9.17) is 5.11 Å². The summed E-state index contributed by atoms with van der Waals surface area (Å²) in [7, 11) is -3.43. The van der Waals surface area contributed by atoms with Gasteiger partial charge in [-0.1, -0.05) is 6.92 Å². The van der Waals surface area contributed by atoms with Crippen LogP contribution in [0.5, 0.6) is 0 Å². The number of carbonyl (C=O) groups is 1. The van der Waals surface area contributed by atoms with Crippen LogP contribution in [-0.2, 0) is 21.2 Å². The molecule has 0 amide bonds. The van der Waals surface area contributed by atoms with Gasteiger partial charge in [0, 0.05) is 17.8 Å². The van der Waals surface area contributed by atoms with Crippen molar-refractivity contribution < 1.29 is 18.3 Å². The summed E-state index contributed by atoms with van der Waals surface area (Å²) in [6.07, 6.45) is 1.89. The van der Waals surface area contributed by atoms with Crippen LogP contribution in [0.4, 0.5) is 0 Å². The third-order valence-electron chi connectivity index (χ3n) is 2.36. The van der Waals surface area contributed by atoms with Crippen molar-refractivity contribution in [3.63, 3.8) is 0 Å². The van der Waals surface area contributed by atoms with Crippen LogP contribution < -0.4 is 4.72 Å². The third kappa shape index (κ3) is 4.75. The second-order valence-electron chi connectivity index (χ2n) is 3.82. The molecule has 1 aromatic rings. The zero-order chi connectivity index (χ0) is 13.6. The Morgan fingerprint density at radius 3 is 2.67 bits per heavy atom. The number of carboxylic acids is 1. The van der Waals surface area contributed by atoms with Gasteiger partial charge in [0.15, 0.2) is 0 Å². The number of aryl methyl sites for hydroxylation is 1. The first-order valence-electron chi connectivity index (χ1n) is 5.76. The van der Waals surface area contributed by atoms with Crippen molar-refractivity contribution in [1.82, 2.24) is 4.72 Å². The fourth-order valence-corrected chi connectivity index (χ4v) is 3.79. The van der Waals surface area contributed by atoms with E-state index in [2.05, 4.69) is 4.72 Å². The normalized spacial score (nSPS) is 11.6. The molecule has 0 saturated carbocycles. The van der Waals surface area contributed by atoms with Gasteiger partial charge < -0.3 is 5.11 Å². The van der Waals surface area contributed by atoms with E-state index in [-0.39, 0.29) is 13.0 Å². The summed E-state index contributed by atoms with van der Waals surface area (Å²) in [6.45, 7) is 2.25. The first-order chi connectivity index (χ1) is 8.45. The van der Waals surface area contributed by atoms with Gasteiger partial charge >= 0.3 is 5.97 Å². The van der Waals surface area contributed by atoms with E-state index < -0.39 is 16.0 Å². The Balaban J connectivity index is 2.42. The monoisotopic (exact) mass is 291 g/mol. The minimum absolute atomic E-state index is 0.0702. The molecule has 1 rings (SSSR count). The largest absolute Gasteiger partial charge is 0.481 e.